The molecule has 4 rings (SSSR count). The molecule has 10 heteroatoms. The van der Waals surface area contributed by atoms with Crippen LogP contribution in [0.15, 0.2) is 35.1 Å². The number of thiazole rings is 1. The highest BCUT2D eigenvalue weighted by atomic mass is 32.1. The number of hydrogen-bond donors (Lipinski definition) is 2. The zero-order valence-electron chi connectivity index (χ0n) is 18.4. The fourth-order valence-electron chi connectivity index (χ4n) is 3.10. The molecule has 0 aliphatic rings. The van der Waals surface area contributed by atoms with Crippen molar-refractivity contribution in [2.45, 2.75) is 20.8 Å². The maximum absolute atomic E-state index is 13.0. The van der Waals surface area contributed by atoms with Crippen molar-refractivity contribution < 1.29 is 29.3 Å². The Balaban J connectivity index is 0.000000709. The first-order chi connectivity index (χ1) is 15.6. The molecule has 0 bridgehead atoms. The normalized spacial score (nSPS) is 11.3. The molecule has 4 aromatic rings. The van der Waals surface area contributed by atoms with Gasteiger partial charge in [0.25, 0.3) is 11.5 Å². The van der Waals surface area contributed by atoms with Gasteiger partial charge in [-0.3, -0.25) is 9.59 Å². The fraction of sp³-hybridized carbons (Fsp3) is 0.217. The van der Waals surface area contributed by atoms with Crippen LogP contribution >= 0.6 is 11.3 Å². The second-order valence-electron chi connectivity index (χ2n) is 7.18. The summed E-state index contributed by atoms with van der Waals surface area (Å²) in [5.41, 5.74) is 4.48. The topological polar surface area (TPSA) is 127 Å². The summed E-state index contributed by atoms with van der Waals surface area (Å²) in [5.74, 6) is -1.18. The van der Waals surface area contributed by atoms with E-state index in [9.17, 15) is 9.59 Å². The molecule has 0 aliphatic carbocycles. The lowest BCUT2D eigenvalue weighted by Crippen LogP contribution is -2.22. The van der Waals surface area contributed by atoms with Crippen LogP contribution in [0.3, 0.4) is 0 Å². The summed E-state index contributed by atoms with van der Waals surface area (Å²) >= 11 is 1.32. The quantitative estimate of drug-likeness (QED) is 0.456. The summed E-state index contributed by atoms with van der Waals surface area (Å²) in [6, 6.07) is 9.05. The standard InChI is InChI=1S/C21H18N2O5S.C2H4O2/c1-11-6-14-15(7-12(11)2)23-20(26)18(29-21(23)22-14)9-13-4-5-16(17(8-13)27-3)28-10-19(24)25;1-2(3)4/h4-9H,10H2,1-3H3,(H,24,25);1H3,(H,3,4)/b18-9-;. The number of aliphatic carboxylic acids is 2. The van der Waals surface area contributed by atoms with Crippen LogP contribution in [-0.4, -0.2) is 45.3 Å². The maximum Gasteiger partial charge on any atom is 0.341 e. The number of carbonyl (C=O) groups is 2. The lowest BCUT2D eigenvalue weighted by molar-refractivity contribution is -0.139. The van der Waals surface area contributed by atoms with Gasteiger partial charge in [-0.1, -0.05) is 17.4 Å². The van der Waals surface area contributed by atoms with Crippen LogP contribution < -0.4 is 19.6 Å². The van der Waals surface area contributed by atoms with E-state index < -0.39 is 18.5 Å². The second kappa shape index (κ2) is 9.70. The third-order valence-electron chi connectivity index (χ3n) is 4.69. The van der Waals surface area contributed by atoms with Crippen molar-refractivity contribution >= 4 is 45.3 Å². The number of ether oxygens (including phenoxy) is 2. The molecule has 0 aliphatic heterocycles. The van der Waals surface area contributed by atoms with Gasteiger partial charge in [0, 0.05) is 6.92 Å². The van der Waals surface area contributed by atoms with Crippen molar-refractivity contribution in [3.8, 4) is 11.5 Å². The highest BCUT2D eigenvalue weighted by molar-refractivity contribution is 7.15. The number of benzene rings is 2. The second-order valence-corrected chi connectivity index (χ2v) is 8.19. The highest BCUT2D eigenvalue weighted by Crippen LogP contribution is 2.28. The Kier molecular flexibility index (Phi) is 6.98. The average Bonchev–Trinajstić information content (AvgIpc) is 3.22. The van der Waals surface area contributed by atoms with E-state index in [2.05, 4.69) is 4.98 Å². The Morgan fingerprint density at radius 1 is 1.12 bits per heavy atom. The molecule has 33 heavy (non-hydrogen) atoms. The Labute approximate surface area is 192 Å². The van der Waals surface area contributed by atoms with E-state index >= 15 is 0 Å². The first-order valence-electron chi connectivity index (χ1n) is 9.76. The van der Waals surface area contributed by atoms with Gasteiger partial charge in [0.1, 0.15) is 0 Å². The summed E-state index contributed by atoms with van der Waals surface area (Å²) < 4.78 is 12.7. The van der Waals surface area contributed by atoms with Gasteiger partial charge in [0.05, 0.1) is 22.7 Å². The summed E-state index contributed by atoms with van der Waals surface area (Å²) in [7, 11) is 1.47. The van der Waals surface area contributed by atoms with Crippen molar-refractivity contribution in [3.05, 3.63) is 61.9 Å². The Morgan fingerprint density at radius 2 is 1.79 bits per heavy atom. The van der Waals surface area contributed by atoms with E-state index in [1.165, 1.54) is 18.4 Å². The third kappa shape index (κ3) is 5.29. The predicted molar refractivity (Wildman–Crippen MR) is 125 cm³/mol. The van der Waals surface area contributed by atoms with Crippen molar-refractivity contribution in [1.82, 2.24) is 9.38 Å². The van der Waals surface area contributed by atoms with E-state index in [0.29, 0.717) is 21.0 Å². The molecule has 2 aromatic heterocycles. The van der Waals surface area contributed by atoms with Gasteiger partial charge in [0.15, 0.2) is 23.1 Å². The minimum absolute atomic E-state index is 0.124. The lowest BCUT2D eigenvalue weighted by Gasteiger charge is -2.09. The molecule has 2 aromatic carbocycles. The molecule has 0 fully saturated rings. The SMILES string of the molecule is CC(=O)O.COc1cc(/C=c2\sc3nc4cc(C)c(C)cc4n3c2=O)ccc1OCC(=O)O. The zero-order chi connectivity index (χ0) is 24.3. The molecule has 0 saturated heterocycles. The number of imidazole rings is 1. The molecule has 0 saturated carbocycles. The number of rotatable bonds is 5. The van der Waals surface area contributed by atoms with Gasteiger partial charge in [-0.25, -0.2) is 14.2 Å². The van der Waals surface area contributed by atoms with E-state index in [1.807, 2.05) is 26.0 Å². The number of hydrogen-bond acceptors (Lipinski definition) is 7. The number of aromatic nitrogens is 2. The Morgan fingerprint density at radius 3 is 2.42 bits per heavy atom. The van der Waals surface area contributed by atoms with Gasteiger partial charge in [-0.2, -0.15) is 0 Å². The van der Waals surface area contributed by atoms with Crippen LogP contribution in [0.5, 0.6) is 11.5 Å². The molecule has 0 unspecified atom stereocenters. The average molecular weight is 471 g/mol. The molecule has 2 N–H and O–H groups in total. The molecule has 9 nitrogen and oxygen atoms in total. The number of fused-ring (bicyclic) bond motifs is 3. The zero-order valence-corrected chi connectivity index (χ0v) is 19.2. The largest absolute Gasteiger partial charge is 0.493 e. The molecular weight excluding hydrogens is 448 g/mol. The summed E-state index contributed by atoms with van der Waals surface area (Å²) in [4.78, 5) is 37.9. The Hall–Kier alpha value is -3.92. The van der Waals surface area contributed by atoms with Gasteiger partial charge in [-0.05, 0) is 60.9 Å². The molecule has 0 spiro atoms. The maximum atomic E-state index is 13.0. The number of nitrogens with zero attached hydrogens (tertiary/aromatic N) is 2. The van der Waals surface area contributed by atoms with Crippen LogP contribution in [0, 0.1) is 13.8 Å². The van der Waals surface area contributed by atoms with Gasteiger partial charge in [-0.15, -0.1) is 0 Å². The fourth-order valence-corrected chi connectivity index (χ4v) is 4.09. The molecule has 2 heterocycles. The summed E-state index contributed by atoms with van der Waals surface area (Å²) in [6.07, 6.45) is 1.76. The van der Waals surface area contributed by atoms with Crippen LogP contribution in [0.1, 0.15) is 23.6 Å². The van der Waals surface area contributed by atoms with Crippen LogP contribution in [0.4, 0.5) is 0 Å². The first kappa shape index (κ1) is 23.7. The predicted octanol–water partition coefficient (Wildman–Crippen LogP) is 2.64. The van der Waals surface area contributed by atoms with E-state index in [1.54, 1.807) is 28.7 Å². The highest BCUT2D eigenvalue weighted by Gasteiger charge is 2.13. The number of carboxylic acid groups (broad SMARTS) is 2. The van der Waals surface area contributed by atoms with Crippen LogP contribution in [0.2, 0.25) is 0 Å². The van der Waals surface area contributed by atoms with Crippen molar-refractivity contribution in [2.24, 2.45) is 0 Å². The summed E-state index contributed by atoms with van der Waals surface area (Å²) in [5, 5.41) is 16.2. The van der Waals surface area contributed by atoms with Crippen molar-refractivity contribution in [3.63, 3.8) is 0 Å². The minimum Gasteiger partial charge on any atom is -0.493 e. The lowest BCUT2D eigenvalue weighted by atomic mass is 10.1. The minimum atomic E-state index is -1.07. The molecule has 0 radical (unpaired) electrons. The summed E-state index contributed by atoms with van der Waals surface area (Å²) in [6.45, 7) is 4.66. The number of aryl methyl sites for hydroxylation is 2. The van der Waals surface area contributed by atoms with E-state index in [4.69, 9.17) is 24.5 Å². The van der Waals surface area contributed by atoms with E-state index in [-0.39, 0.29) is 5.56 Å². The molecule has 0 atom stereocenters. The smallest absolute Gasteiger partial charge is 0.341 e. The Bertz CT molecular complexity index is 1470. The number of carboxylic acids is 2. The number of methoxy groups -OCH3 is 1. The van der Waals surface area contributed by atoms with Crippen LogP contribution in [0.25, 0.3) is 22.1 Å². The monoisotopic (exact) mass is 470 g/mol. The van der Waals surface area contributed by atoms with Gasteiger partial charge in [0.2, 0.25) is 0 Å². The molecule has 172 valence electrons. The van der Waals surface area contributed by atoms with E-state index in [0.717, 1.165) is 34.6 Å². The van der Waals surface area contributed by atoms with Crippen molar-refractivity contribution in [1.29, 1.82) is 0 Å². The molecular formula is C23H22N2O7S. The molecule has 0 amide bonds. The third-order valence-corrected chi connectivity index (χ3v) is 5.66. The first-order valence-corrected chi connectivity index (χ1v) is 10.6. The van der Waals surface area contributed by atoms with Crippen molar-refractivity contribution in [2.75, 3.05) is 13.7 Å². The van der Waals surface area contributed by atoms with Gasteiger partial charge < -0.3 is 19.7 Å². The van der Waals surface area contributed by atoms with Crippen LogP contribution in [-0.2, 0) is 9.59 Å². The van der Waals surface area contributed by atoms with Gasteiger partial charge >= 0.3 is 5.97 Å².